The lowest BCUT2D eigenvalue weighted by atomic mass is 10.1. The molecule has 2 atom stereocenters. The molecule has 0 aromatic heterocycles. The van der Waals surface area contributed by atoms with E-state index in [-0.39, 0.29) is 19.6 Å². The van der Waals surface area contributed by atoms with E-state index in [0.717, 1.165) is 0 Å². The van der Waals surface area contributed by atoms with Crippen LogP contribution in [0.25, 0.3) is 0 Å². The van der Waals surface area contributed by atoms with Gasteiger partial charge in [0.05, 0.1) is 12.7 Å². The third-order valence-electron chi connectivity index (χ3n) is 2.00. The number of hydrogen-bond donors (Lipinski definition) is 3. The van der Waals surface area contributed by atoms with Crippen molar-refractivity contribution in [2.45, 2.75) is 51.9 Å². The van der Waals surface area contributed by atoms with Crippen LogP contribution in [0.5, 0.6) is 0 Å². The van der Waals surface area contributed by atoms with Gasteiger partial charge < -0.3 is 25.0 Å². The van der Waals surface area contributed by atoms with E-state index in [1.165, 1.54) is 0 Å². The second kappa shape index (κ2) is 7.96. The number of esters is 1. The first-order valence-corrected chi connectivity index (χ1v) is 6.17. The standard InChI is InChI=1S/C12H23NO6/c1-5-18-10(16)9(15)8(14)6-7-13-11(17)19-12(2,3)4/h8-9,14-15H,5-7H2,1-4H3,(H,13,17)/t8-,9+/m0/s1. The van der Waals surface area contributed by atoms with Gasteiger partial charge in [-0.1, -0.05) is 0 Å². The summed E-state index contributed by atoms with van der Waals surface area (Å²) in [6.07, 6.45) is -3.51. The van der Waals surface area contributed by atoms with Crippen LogP contribution in [0.15, 0.2) is 0 Å². The maximum absolute atomic E-state index is 11.3. The third-order valence-corrected chi connectivity index (χ3v) is 2.00. The van der Waals surface area contributed by atoms with E-state index in [2.05, 4.69) is 10.1 Å². The molecule has 0 heterocycles. The molecule has 7 nitrogen and oxygen atoms in total. The zero-order valence-electron chi connectivity index (χ0n) is 11.8. The summed E-state index contributed by atoms with van der Waals surface area (Å²) in [6.45, 7) is 6.98. The summed E-state index contributed by atoms with van der Waals surface area (Å²) < 4.78 is 9.54. The van der Waals surface area contributed by atoms with Gasteiger partial charge in [-0.15, -0.1) is 0 Å². The second-order valence-electron chi connectivity index (χ2n) is 4.98. The SMILES string of the molecule is CCOC(=O)[C@H](O)[C@@H](O)CCNC(=O)OC(C)(C)C. The Kier molecular flexibility index (Phi) is 7.40. The maximum atomic E-state index is 11.3. The summed E-state index contributed by atoms with van der Waals surface area (Å²) in [5.74, 6) is -0.882. The van der Waals surface area contributed by atoms with Crippen molar-refractivity contribution in [3.8, 4) is 0 Å². The van der Waals surface area contributed by atoms with Crippen LogP contribution >= 0.6 is 0 Å². The smallest absolute Gasteiger partial charge is 0.407 e. The molecule has 0 bridgehead atoms. The number of amides is 1. The molecule has 3 N–H and O–H groups in total. The van der Waals surface area contributed by atoms with E-state index < -0.39 is 29.9 Å². The quantitative estimate of drug-likeness (QED) is 0.598. The third kappa shape index (κ3) is 8.39. The first-order chi connectivity index (χ1) is 8.67. The van der Waals surface area contributed by atoms with Gasteiger partial charge in [-0.25, -0.2) is 9.59 Å². The number of carbonyl (C=O) groups excluding carboxylic acids is 2. The molecule has 0 saturated carbocycles. The monoisotopic (exact) mass is 277 g/mol. The zero-order valence-corrected chi connectivity index (χ0v) is 11.8. The average molecular weight is 277 g/mol. The molecule has 0 aromatic carbocycles. The summed E-state index contributed by atoms with van der Waals surface area (Å²) in [5.41, 5.74) is -0.604. The number of carbonyl (C=O) groups is 2. The molecule has 0 unspecified atom stereocenters. The topological polar surface area (TPSA) is 105 Å². The van der Waals surface area contributed by atoms with Crippen molar-refractivity contribution in [2.75, 3.05) is 13.2 Å². The molecule has 0 aliphatic heterocycles. The minimum Gasteiger partial charge on any atom is -0.464 e. The highest BCUT2D eigenvalue weighted by Crippen LogP contribution is 2.06. The van der Waals surface area contributed by atoms with Gasteiger partial charge in [-0.3, -0.25) is 0 Å². The number of rotatable bonds is 6. The molecule has 0 aliphatic rings. The molecule has 0 fully saturated rings. The van der Waals surface area contributed by atoms with E-state index in [9.17, 15) is 19.8 Å². The van der Waals surface area contributed by atoms with Crippen LogP contribution in [0, 0.1) is 0 Å². The van der Waals surface area contributed by atoms with Gasteiger partial charge in [0, 0.05) is 6.54 Å². The summed E-state index contributed by atoms with van der Waals surface area (Å²) in [5, 5.41) is 21.3. The van der Waals surface area contributed by atoms with Gasteiger partial charge >= 0.3 is 12.1 Å². The molecule has 112 valence electrons. The van der Waals surface area contributed by atoms with Gasteiger partial charge in [0.2, 0.25) is 0 Å². The zero-order chi connectivity index (χ0) is 15.1. The van der Waals surface area contributed by atoms with E-state index in [1.54, 1.807) is 27.7 Å². The van der Waals surface area contributed by atoms with Crippen molar-refractivity contribution >= 4 is 12.1 Å². The van der Waals surface area contributed by atoms with Crippen molar-refractivity contribution in [1.29, 1.82) is 0 Å². The van der Waals surface area contributed by atoms with Crippen LogP contribution < -0.4 is 5.32 Å². The van der Waals surface area contributed by atoms with E-state index in [1.807, 2.05) is 0 Å². The fourth-order valence-electron chi connectivity index (χ4n) is 1.18. The van der Waals surface area contributed by atoms with Crippen molar-refractivity contribution in [3.63, 3.8) is 0 Å². The molecular weight excluding hydrogens is 254 g/mol. The Morgan fingerprint density at radius 1 is 1.26 bits per heavy atom. The predicted molar refractivity (Wildman–Crippen MR) is 67.5 cm³/mol. The number of aliphatic hydroxyl groups excluding tert-OH is 2. The predicted octanol–water partition coefficient (Wildman–Crippen LogP) is 0.186. The Morgan fingerprint density at radius 3 is 2.32 bits per heavy atom. The van der Waals surface area contributed by atoms with Crippen LogP contribution in [-0.4, -0.2) is 53.2 Å². The number of aliphatic hydroxyl groups is 2. The van der Waals surface area contributed by atoms with E-state index in [0.29, 0.717) is 0 Å². The first kappa shape index (κ1) is 17.7. The van der Waals surface area contributed by atoms with Gasteiger partial charge in [-0.05, 0) is 34.1 Å². The Balaban J connectivity index is 3.94. The molecule has 0 saturated heterocycles. The first-order valence-electron chi connectivity index (χ1n) is 6.17. The average Bonchev–Trinajstić information content (AvgIpc) is 2.25. The van der Waals surface area contributed by atoms with E-state index in [4.69, 9.17) is 4.74 Å². The summed E-state index contributed by atoms with van der Waals surface area (Å²) in [4.78, 5) is 22.4. The van der Waals surface area contributed by atoms with Gasteiger partial charge in [0.25, 0.3) is 0 Å². The van der Waals surface area contributed by atoms with Crippen LogP contribution in [0.3, 0.4) is 0 Å². The maximum Gasteiger partial charge on any atom is 0.407 e. The number of ether oxygens (including phenoxy) is 2. The van der Waals surface area contributed by atoms with Crippen molar-refractivity contribution < 1.29 is 29.3 Å². The molecule has 7 heteroatoms. The molecule has 1 amide bonds. The molecule has 0 radical (unpaired) electrons. The second-order valence-corrected chi connectivity index (χ2v) is 4.98. The van der Waals surface area contributed by atoms with Gasteiger partial charge in [0.1, 0.15) is 5.60 Å². The highest BCUT2D eigenvalue weighted by molar-refractivity contribution is 5.75. The minimum atomic E-state index is -1.61. The molecular formula is C12H23NO6. The lowest BCUT2D eigenvalue weighted by Gasteiger charge is -2.20. The van der Waals surface area contributed by atoms with Crippen molar-refractivity contribution in [3.05, 3.63) is 0 Å². The number of nitrogens with one attached hydrogen (secondary N) is 1. The lowest BCUT2D eigenvalue weighted by molar-refractivity contribution is -0.159. The van der Waals surface area contributed by atoms with Gasteiger partial charge in [-0.2, -0.15) is 0 Å². The summed E-state index contributed by atoms with van der Waals surface area (Å²) in [6, 6.07) is 0. The molecule has 0 aliphatic carbocycles. The molecule has 0 spiro atoms. The number of hydrogen-bond acceptors (Lipinski definition) is 6. The fourth-order valence-corrected chi connectivity index (χ4v) is 1.18. The largest absolute Gasteiger partial charge is 0.464 e. The molecule has 19 heavy (non-hydrogen) atoms. The highest BCUT2D eigenvalue weighted by atomic mass is 16.6. The summed E-state index contributed by atoms with van der Waals surface area (Å²) >= 11 is 0. The van der Waals surface area contributed by atoms with Crippen LogP contribution in [0.4, 0.5) is 4.79 Å². The van der Waals surface area contributed by atoms with Gasteiger partial charge in [0.15, 0.2) is 6.10 Å². The fraction of sp³-hybridized carbons (Fsp3) is 0.833. The van der Waals surface area contributed by atoms with Crippen LogP contribution in [-0.2, 0) is 14.3 Å². The summed E-state index contributed by atoms with van der Waals surface area (Å²) in [7, 11) is 0. The number of alkyl carbamates (subject to hydrolysis) is 1. The van der Waals surface area contributed by atoms with Crippen molar-refractivity contribution in [1.82, 2.24) is 5.32 Å². The van der Waals surface area contributed by atoms with Crippen LogP contribution in [0.2, 0.25) is 0 Å². The minimum absolute atomic E-state index is 0.0131. The Morgan fingerprint density at radius 2 is 1.84 bits per heavy atom. The molecule has 0 rings (SSSR count). The Hall–Kier alpha value is -1.34. The van der Waals surface area contributed by atoms with Crippen molar-refractivity contribution in [2.24, 2.45) is 0 Å². The lowest BCUT2D eigenvalue weighted by Crippen LogP contribution is -2.39. The normalized spacial score (nSPS) is 14.4. The Labute approximate surface area is 112 Å². The van der Waals surface area contributed by atoms with Crippen LogP contribution in [0.1, 0.15) is 34.1 Å². The highest BCUT2D eigenvalue weighted by Gasteiger charge is 2.25. The molecule has 0 aromatic rings. The van der Waals surface area contributed by atoms with E-state index >= 15 is 0 Å². The Bertz CT molecular complexity index is 299.